The summed E-state index contributed by atoms with van der Waals surface area (Å²) >= 11 is 0. The highest BCUT2D eigenvalue weighted by Crippen LogP contribution is 2.30. The third-order valence-electron chi connectivity index (χ3n) is 5.94. The van der Waals surface area contributed by atoms with E-state index in [1.165, 1.54) is 0 Å². The van der Waals surface area contributed by atoms with Gasteiger partial charge in [-0.2, -0.15) is 5.10 Å². The van der Waals surface area contributed by atoms with E-state index in [9.17, 15) is 9.59 Å². The molecule has 1 aliphatic carbocycles. The Labute approximate surface area is 172 Å². The molecule has 0 spiro atoms. The molecule has 0 bridgehead atoms. The van der Waals surface area contributed by atoms with Crippen LogP contribution in [0.5, 0.6) is 0 Å². The molecular weight excluding hydrogens is 366 g/mol. The minimum atomic E-state index is -0.725. The smallest absolute Gasteiger partial charge is 0.306 e. The van der Waals surface area contributed by atoms with Crippen LogP contribution in [0.25, 0.3) is 11.3 Å². The largest absolute Gasteiger partial charge is 0.481 e. The molecule has 1 saturated carbocycles. The van der Waals surface area contributed by atoms with Crippen LogP contribution in [0.1, 0.15) is 50.6 Å². The van der Waals surface area contributed by atoms with Gasteiger partial charge in [-0.3, -0.25) is 14.7 Å². The van der Waals surface area contributed by atoms with Gasteiger partial charge < -0.3 is 10.0 Å². The van der Waals surface area contributed by atoms with Crippen molar-refractivity contribution in [2.75, 3.05) is 13.6 Å². The Balaban J connectivity index is 1.33. The number of aliphatic carboxylic acids is 1. The number of hydrogen-bond acceptors (Lipinski definition) is 3. The third-order valence-corrected chi connectivity index (χ3v) is 5.94. The molecule has 6 nitrogen and oxygen atoms in total. The van der Waals surface area contributed by atoms with Gasteiger partial charge in [0.05, 0.1) is 11.6 Å². The van der Waals surface area contributed by atoms with Gasteiger partial charge in [0.25, 0.3) is 0 Å². The fourth-order valence-electron chi connectivity index (χ4n) is 4.10. The van der Waals surface area contributed by atoms with Crippen molar-refractivity contribution >= 4 is 11.9 Å². The van der Waals surface area contributed by atoms with Crippen LogP contribution in [0.15, 0.2) is 36.4 Å². The van der Waals surface area contributed by atoms with Gasteiger partial charge in [-0.05, 0) is 51.0 Å². The summed E-state index contributed by atoms with van der Waals surface area (Å²) in [5.74, 6) is -0.821. The summed E-state index contributed by atoms with van der Waals surface area (Å²) < 4.78 is 0. The summed E-state index contributed by atoms with van der Waals surface area (Å²) in [6.07, 6.45) is 6.69. The number of carbonyl (C=O) groups excluding carboxylic acids is 1. The van der Waals surface area contributed by atoms with Crippen molar-refractivity contribution in [1.29, 1.82) is 0 Å². The Morgan fingerprint density at radius 2 is 1.76 bits per heavy atom. The summed E-state index contributed by atoms with van der Waals surface area (Å²) in [5.41, 5.74) is 3.24. The van der Waals surface area contributed by atoms with Crippen LogP contribution in [0.3, 0.4) is 0 Å². The Morgan fingerprint density at radius 1 is 1.07 bits per heavy atom. The normalized spacial score (nSPS) is 19.1. The number of benzene rings is 1. The molecule has 0 radical (unpaired) electrons. The van der Waals surface area contributed by atoms with Crippen LogP contribution in [0.2, 0.25) is 0 Å². The van der Waals surface area contributed by atoms with E-state index in [-0.39, 0.29) is 17.7 Å². The highest BCUT2D eigenvalue weighted by Gasteiger charge is 2.30. The van der Waals surface area contributed by atoms with Crippen molar-refractivity contribution in [2.45, 2.75) is 51.4 Å². The number of rotatable bonds is 9. The minimum absolute atomic E-state index is 0.00278. The van der Waals surface area contributed by atoms with E-state index in [1.807, 2.05) is 30.1 Å². The Morgan fingerprint density at radius 3 is 2.45 bits per heavy atom. The number of aromatic amines is 1. The molecule has 0 aliphatic heterocycles. The number of hydrogen-bond donors (Lipinski definition) is 2. The average molecular weight is 398 g/mol. The van der Waals surface area contributed by atoms with Crippen molar-refractivity contribution in [3.63, 3.8) is 0 Å². The Hall–Kier alpha value is -2.63. The lowest BCUT2D eigenvalue weighted by Gasteiger charge is -2.29. The van der Waals surface area contributed by atoms with Gasteiger partial charge >= 0.3 is 5.97 Å². The fraction of sp³-hybridized carbons (Fsp3) is 0.522. The zero-order valence-electron chi connectivity index (χ0n) is 17.1. The van der Waals surface area contributed by atoms with Crippen LogP contribution >= 0.6 is 0 Å². The predicted octanol–water partition coefficient (Wildman–Crippen LogP) is 4.14. The lowest BCUT2D eigenvalue weighted by molar-refractivity contribution is -0.145. The molecule has 6 heteroatoms. The number of carboxylic acid groups (broad SMARTS) is 1. The third kappa shape index (κ3) is 5.92. The van der Waals surface area contributed by atoms with Gasteiger partial charge in [-0.25, -0.2) is 0 Å². The number of amides is 1. The first kappa shape index (κ1) is 21.1. The molecule has 1 heterocycles. The second-order valence-corrected chi connectivity index (χ2v) is 8.10. The number of nitrogens with one attached hydrogen (secondary N) is 1. The quantitative estimate of drug-likeness (QED) is 0.623. The molecular formula is C23H31N3O3. The highest BCUT2D eigenvalue weighted by molar-refractivity contribution is 5.79. The number of aromatic nitrogens is 2. The maximum absolute atomic E-state index is 12.6. The monoisotopic (exact) mass is 397 g/mol. The molecule has 2 aromatic rings. The summed E-state index contributed by atoms with van der Waals surface area (Å²) in [4.78, 5) is 25.4. The van der Waals surface area contributed by atoms with Gasteiger partial charge in [-0.1, -0.05) is 36.8 Å². The van der Waals surface area contributed by atoms with Crippen LogP contribution in [-0.2, 0) is 16.0 Å². The van der Waals surface area contributed by atoms with E-state index in [4.69, 9.17) is 5.11 Å². The van der Waals surface area contributed by atoms with Crippen LogP contribution < -0.4 is 0 Å². The van der Waals surface area contributed by atoms with E-state index >= 15 is 0 Å². The first-order valence-corrected chi connectivity index (χ1v) is 10.6. The van der Waals surface area contributed by atoms with Crippen LogP contribution in [0, 0.1) is 11.8 Å². The van der Waals surface area contributed by atoms with E-state index in [1.54, 1.807) is 0 Å². The summed E-state index contributed by atoms with van der Waals surface area (Å²) in [6, 6.07) is 12.2. The number of aryl methyl sites for hydroxylation is 1. The van der Waals surface area contributed by atoms with Gasteiger partial charge in [0.15, 0.2) is 0 Å². The maximum Gasteiger partial charge on any atom is 0.306 e. The standard InChI is InChI=1S/C23H31N3O3/c1-26(22(27)18-11-13-19(14-12-18)23(28)29)15-7-3-6-10-20-16-21(25-24-20)17-8-4-2-5-9-17/h2,4-5,8-9,16,18-19H,3,6-7,10-15H2,1H3,(H,24,25)(H,28,29). The summed E-state index contributed by atoms with van der Waals surface area (Å²) in [6.45, 7) is 0.760. The second kappa shape index (κ2) is 10.2. The molecule has 29 heavy (non-hydrogen) atoms. The first-order valence-electron chi connectivity index (χ1n) is 10.6. The van der Waals surface area contributed by atoms with Crippen molar-refractivity contribution in [3.8, 4) is 11.3 Å². The lowest BCUT2D eigenvalue weighted by Crippen LogP contribution is -2.36. The van der Waals surface area contributed by atoms with E-state index < -0.39 is 5.97 Å². The van der Waals surface area contributed by atoms with E-state index in [0.717, 1.165) is 49.2 Å². The van der Waals surface area contributed by atoms with Crippen molar-refractivity contribution in [3.05, 3.63) is 42.1 Å². The number of carbonyl (C=O) groups is 2. The number of carboxylic acids is 1. The van der Waals surface area contributed by atoms with Crippen LogP contribution in [0.4, 0.5) is 0 Å². The summed E-state index contributed by atoms with van der Waals surface area (Å²) in [5, 5.41) is 16.6. The molecule has 1 aliphatic rings. The molecule has 0 atom stereocenters. The molecule has 0 unspecified atom stereocenters. The van der Waals surface area contributed by atoms with Gasteiger partial charge in [0.2, 0.25) is 5.91 Å². The molecule has 0 saturated heterocycles. The average Bonchev–Trinajstić information content (AvgIpc) is 3.22. The fourth-order valence-corrected chi connectivity index (χ4v) is 4.10. The van der Waals surface area contributed by atoms with Gasteiger partial charge in [0.1, 0.15) is 0 Å². The maximum atomic E-state index is 12.6. The number of H-pyrrole nitrogens is 1. The van der Waals surface area contributed by atoms with Crippen molar-refractivity contribution in [1.82, 2.24) is 15.1 Å². The van der Waals surface area contributed by atoms with Crippen LogP contribution in [-0.4, -0.2) is 45.7 Å². The second-order valence-electron chi connectivity index (χ2n) is 8.10. The topological polar surface area (TPSA) is 86.3 Å². The SMILES string of the molecule is CN(CCCCCc1cc(-c2ccccc2)n[nH]1)C(=O)C1CCC(C(=O)O)CC1. The summed E-state index contributed by atoms with van der Waals surface area (Å²) in [7, 11) is 1.87. The first-order chi connectivity index (χ1) is 14.0. The number of unbranched alkanes of at least 4 members (excludes halogenated alkanes) is 2. The lowest BCUT2D eigenvalue weighted by atomic mass is 9.81. The molecule has 1 aromatic heterocycles. The highest BCUT2D eigenvalue weighted by atomic mass is 16.4. The zero-order chi connectivity index (χ0) is 20.6. The van der Waals surface area contributed by atoms with E-state index in [2.05, 4.69) is 28.4 Å². The molecule has 1 amide bonds. The van der Waals surface area contributed by atoms with E-state index in [0.29, 0.717) is 25.7 Å². The molecule has 1 fully saturated rings. The van der Waals surface area contributed by atoms with Gasteiger partial charge in [-0.15, -0.1) is 0 Å². The Kier molecular flexibility index (Phi) is 7.44. The number of nitrogens with zero attached hydrogens (tertiary/aromatic N) is 2. The minimum Gasteiger partial charge on any atom is -0.481 e. The van der Waals surface area contributed by atoms with Crippen molar-refractivity contribution in [2.24, 2.45) is 11.8 Å². The predicted molar refractivity (Wildman–Crippen MR) is 112 cm³/mol. The zero-order valence-corrected chi connectivity index (χ0v) is 17.1. The molecule has 3 rings (SSSR count). The van der Waals surface area contributed by atoms with Crippen molar-refractivity contribution < 1.29 is 14.7 Å². The molecule has 2 N–H and O–H groups in total. The molecule has 156 valence electrons. The Bertz CT molecular complexity index is 795. The molecule has 1 aromatic carbocycles. The van der Waals surface area contributed by atoms with Gasteiger partial charge in [0, 0.05) is 30.8 Å².